The minimum Gasteiger partial charge on any atom is -0.448 e. The van der Waals surface area contributed by atoms with Gasteiger partial charge in [-0.25, -0.2) is 4.79 Å². The molecular formula is C30H28N2O4. The molecule has 2 amide bonds. The maximum Gasteiger partial charge on any atom is 0.410 e. The number of hydrogen-bond acceptors (Lipinski definition) is 4. The normalized spacial score (nSPS) is 20.2. The number of ether oxygens (including phenoxy) is 2. The minimum absolute atomic E-state index is 0.0344. The van der Waals surface area contributed by atoms with Gasteiger partial charge in [-0.1, -0.05) is 66.7 Å². The maximum absolute atomic E-state index is 13.4. The highest BCUT2D eigenvalue weighted by Gasteiger charge is 2.40. The van der Waals surface area contributed by atoms with Crippen LogP contribution in [0.5, 0.6) is 0 Å². The fourth-order valence-electron chi connectivity index (χ4n) is 5.74. The summed E-state index contributed by atoms with van der Waals surface area (Å²) < 4.78 is 11.8. The topological polar surface area (TPSA) is 67.9 Å². The number of nitrogens with zero attached hydrogens (tertiary/aromatic N) is 1. The van der Waals surface area contributed by atoms with E-state index in [4.69, 9.17) is 9.47 Å². The molecule has 3 aromatic carbocycles. The molecule has 2 bridgehead atoms. The number of hydrogen-bond donors (Lipinski definition) is 1. The summed E-state index contributed by atoms with van der Waals surface area (Å²) in [5.41, 5.74) is 7.69. The van der Waals surface area contributed by atoms with Crippen molar-refractivity contribution >= 4 is 17.6 Å². The molecule has 0 saturated carbocycles. The van der Waals surface area contributed by atoms with Crippen LogP contribution < -0.4 is 5.32 Å². The highest BCUT2D eigenvalue weighted by Crippen LogP contribution is 2.44. The van der Waals surface area contributed by atoms with Crippen molar-refractivity contribution in [3.63, 3.8) is 0 Å². The monoisotopic (exact) mass is 480 g/mol. The Kier molecular flexibility index (Phi) is 5.82. The van der Waals surface area contributed by atoms with Crippen LogP contribution in [0.15, 0.2) is 78.9 Å². The summed E-state index contributed by atoms with van der Waals surface area (Å²) in [7, 11) is 1.62. The van der Waals surface area contributed by atoms with E-state index < -0.39 is 0 Å². The fraction of sp³-hybridized carbons (Fsp3) is 0.267. The minimum atomic E-state index is -0.291. The van der Waals surface area contributed by atoms with E-state index in [2.05, 4.69) is 47.8 Å². The average Bonchev–Trinajstić information content (AvgIpc) is 3.24. The lowest BCUT2D eigenvalue weighted by atomic mass is 9.89. The third-order valence-corrected chi connectivity index (χ3v) is 7.49. The molecule has 0 aromatic heterocycles. The molecule has 0 spiro atoms. The summed E-state index contributed by atoms with van der Waals surface area (Å²) >= 11 is 0. The lowest BCUT2D eigenvalue weighted by Gasteiger charge is -2.44. The van der Waals surface area contributed by atoms with Crippen molar-refractivity contribution in [2.75, 3.05) is 26.9 Å². The van der Waals surface area contributed by atoms with E-state index in [9.17, 15) is 9.59 Å². The molecule has 2 aliphatic heterocycles. The van der Waals surface area contributed by atoms with E-state index in [1.807, 2.05) is 41.3 Å². The van der Waals surface area contributed by atoms with Gasteiger partial charge in [0.1, 0.15) is 6.61 Å². The highest BCUT2D eigenvalue weighted by atomic mass is 16.6. The molecule has 2 unspecified atom stereocenters. The summed E-state index contributed by atoms with van der Waals surface area (Å²) in [5, 5.41) is 2.65. The molecule has 6 nitrogen and oxygen atoms in total. The molecule has 36 heavy (non-hydrogen) atoms. The smallest absolute Gasteiger partial charge is 0.410 e. The van der Waals surface area contributed by atoms with Crippen LogP contribution in [0.2, 0.25) is 0 Å². The molecule has 1 fully saturated rings. The summed E-state index contributed by atoms with van der Waals surface area (Å²) in [4.78, 5) is 27.1. The lowest BCUT2D eigenvalue weighted by molar-refractivity contribution is -0.0331. The first-order valence-electron chi connectivity index (χ1n) is 12.4. The number of morpholine rings is 1. The van der Waals surface area contributed by atoms with Gasteiger partial charge < -0.3 is 14.8 Å². The molecular weight excluding hydrogens is 452 g/mol. The van der Waals surface area contributed by atoms with Crippen molar-refractivity contribution in [3.8, 4) is 11.1 Å². The van der Waals surface area contributed by atoms with Gasteiger partial charge in [-0.15, -0.1) is 0 Å². The Hall–Kier alpha value is -3.90. The first-order valence-corrected chi connectivity index (χ1v) is 12.4. The number of benzene rings is 3. The predicted octanol–water partition coefficient (Wildman–Crippen LogP) is 4.85. The van der Waals surface area contributed by atoms with Gasteiger partial charge in [-0.05, 0) is 51.9 Å². The van der Waals surface area contributed by atoms with Crippen molar-refractivity contribution in [2.24, 2.45) is 0 Å². The van der Waals surface area contributed by atoms with Gasteiger partial charge >= 0.3 is 6.09 Å². The zero-order valence-corrected chi connectivity index (χ0v) is 20.1. The Morgan fingerprint density at radius 1 is 0.944 bits per heavy atom. The molecule has 182 valence electrons. The zero-order chi connectivity index (χ0) is 24.6. The summed E-state index contributed by atoms with van der Waals surface area (Å²) in [5.74, 6) is -0.0713. The standard InChI is InChI=1S/C30H28N2O4/c1-31-29(33)20-12-10-19(11-13-20)21-14-22-16-35-17-23(15-21)32(22)30(34)36-18-28-26-8-4-2-6-24(26)25-7-3-5-9-27(25)28/h2-14,22-23,28H,15-18H2,1H3,(H,31,33). The molecule has 1 aliphatic carbocycles. The SMILES string of the molecule is CNC(=O)c1ccc(C2=CC3COCC(C2)N3C(=O)OCC2c3ccccc3-c3ccccc32)cc1. The van der Waals surface area contributed by atoms with Gasteiger partial charge in [0.2, 0.25) is 0 Å². The van der Waals surface area contributed by atoms with Crippen molar-refractivity contribution in [2.45, 2.75) is 24.4 Å². The molecule has 2 heterocycles. The first-order chi connectivity index (χ1) is 17.6. The molecule has 6 heteroatoms. The lowest BCUT2D eigenvalue weighted by Crippen LogP contribution is -2.56. The van der Waals surface area contributed by atoms with Gasteiger partial charge in [0, 0.05) is 18.5 Å². The van der Waals surface area contributed by atoms with Crippen molar-refractivity contribution in [1.82, 2.24) is 10.2 Å². The van der Waals surface area contributed by atoms with E-state index >= 15 is 0 Å². The largest absolute Gasteiger partial charge is 0.448 e. The number of amides is 2. The second-order valence-corrected chi connectivity index (χ2v) is 9.52. The van der Waals surface area contributed by atoms with E-state index in [1.165, 1.54) is 27.8 Å². The molecule has 1 saturated heterocycles. The van der Waals surface area contributed by atoms with Crippen LogP contribution in [0.4, 0.5) is 4.79 Å². The Balaban J connectivity index is 1.19. The Bertz CT molecular complexity index is 1300. The Labute approximate surface area is 210 Å². The number of carbonyl (C=O) groups is 2. The molecule has 0 radical (unpaired) electrons. The van der Waals surface area contributed by atoms with E-state index in [0.717, 1.165) is 5.56 Å². The predicted molar refractivity (Wildman–Crippen MR) is 138 cm³/mol. The number of carbonyl (C=O) groups excluding carboxylic acids is 2. The Morgan fingerprint density at radius 2 is 1.61 bits per heavy atom. The van der Waals surface area contributed by atoms with Gasteiger partial charge in [-0.3, -0.25) is 9.69 Å². The molecule has 3 aromatic rings. The molecule has 1 N–H and O–H groups in total. The van der Waals surface area contributed by atoms with E-state index in [1.54, 1.807) is 7.05 Å². The zero-order valence-electron chi connectivity index (χ0n) is 20.1. The second-order valence-electron chi connectivity index (χ2n) is 9.52. The van der Waals surface area contributed by atoms with Crippen molar-refractivity contribution in [1.29, 1.82) is 0 Å². The summed E-state index contributed by atoms with van der Waals surface area (Å²) in [6.45, 7) is 1.23. The first kappa shape index (κ1) is 22.6. The van der Waals surface area contributed by atoms with E-state index in [0.29, 0.717) is 31.8 Å². The quantitative estimate of drug-likeness (QED) is 0.580. The van der Waals surface area contributed by atoms with Crippen LogP contribution >= 0.6 is 0 Å². The van der Waals surface area contributed by atoms with Gasteiger partial charge in [0.15, 0.2) is 0 Å². The third kappa shape index (κ3) is 3.88. The van der Waals surface area contributed by atoms with Crippen LogP contribution in [-0.4, -0.2) is 55.9 Å². The number of rotatable bonds is 4. The Morgan fingerprint density at radius 3 is 2.25 bits per heavy atom. The van der Waals surface area contributed by atoms with Crippen LogP contribution in [-0.2, 0) is 9.47 Å². The van der Waals surface area contributed by atoms with Gasteiger partial charge in [0.05, 0.1) is 25.3 Å². The summed E-state index contributed by atoms with van der Waals surface area (Å²) in [6.07, 6.45) is 2.49. The molecule has 6 rings (SSSR count). The van der Waals surface area contributed by atoms with Gasteiger partial charge in [0.25, 0.3) is 5.91 Å². The van der Waals surface area contributed by atoms with Crippen LogP contribution in [0.1, 0.15) is 39.4 Å². The van der Waals surface area contributed by atoms with E-state index in [-0.39, 0.29) is 30.0 Å². The number of nitrogens with one attached hydrogen (secondary N) is 1. The van der Waals surface area contributed by atoms with Crippen LogP contribution in [0, 0.1) is 0 Å². The van der Waals surface area contributed by atoms with Crippen LogP contribution in [0.3, 0.4) is 0 Å². The van der Waals surface area contributed by atoms with Gasteiger partial charge in [-0.2, -0.15) is 0 Å². The summed E-state index contributed by atoms with van der Waals surface area (Å²) in [6, 6.07) is 24.0. The highest BCUT2D eigenvalue weighted by molar-refractivity contribution is 5.94. The van der Waals surface area contributed by atoms with Crippen molar-refractivity contribution < 1.29 is 19.1 Å². The average molecular weight is 481 g/mol. The second kappa shape index (κ2) is 9.28. The molecule has 3 aliphatic rings. The van der Waals surface area contributed by atoms with Crippen LogP contribution in [0.25, 0.3) is 16.7 Å². The third-order valence-electron chi connectivity index (χ3n) is 7.49. The number of fused-ring (bicyclic) bond motifs is 5. The maximum atomic E-state index is 13.4. The van der Waals surface area contributed by atoms with Crippen molar-refractivity contribution in [3.05, 3.63) is 101 Å². The fourth-order valence-corrected chi connectivity index (χ4v) is 5.74. The molecule has 2 atom stereocenters.